The van der Waals surface area contributed by atoms with E-state index in [1.807, 2.05) is 0 Å². The van der Waals surface area contributed by atoms with E-state index in [-0.39, 0.29) is 0 Å². The lowest BCUT2D eigenvalue weighted by atomic mass is 9.99. The normalized spacial score (nSPS) is 29.3. The van der Waals surface area contributed by atoms with Crippen LogP contribution in [0.2, 0.25) is 0 Å². The summed E-state index contributed by atoms with van der Waals surface area (Å²) < 4.78 is 0. The second-order valence-electron chi connectivity index (χ2n) is 6.18. The second kappa shape index (κ2) is 4.91. The predicted molar refractivity (Wildman–Crippen MR) is 75.7 cm³/mol. The third-order valence-electron chi connectivity index (χ3n) is 4.24. The molecule has 1 saturated carbocycles. The minimum atomic E-state index is 0.391. The van der Waals surface area contributed by atoms with Crippen molar-refractivity contribution < 1.29 is 0 Å². The molecule has 1 aromatic heterocycles. The smallest absolute Gasteiger partial charge is 0.107 e. The topological polar surface area (TPSA) is 42.1 Å². The van der Waals surface area contributed by atoms with Crippen LogP contribution in [0.5, 0.6) is 0 Å². The molecule has 0 aromatic carbocycles. The van der Waals surface area contributed by atoms with Gasteiger partial charge in [0.2, 0.25) is 0 Å². The Morgan fingerprint density at radius 2 is 2.22 bits per heavy atom. The summed E-state index contributed by atoms with van der Waals surface area (Å²) in [6.45, 7) is 7.63. The molecule has 100 valence electrons. The van der Waals surface area contributed by atoms with E-state index in [0.717, 1.165) is 24.9 Å². The molecule has 1 saturated heterocycles. The first-order chi connectivity index (χ1) is 8.63. The van der Waals surface area contributed by atoms with Gasteiger partial charge in [0, 0.05) is 24.5 Å². The highest BCUT2D eigenvalue weighted by atomic mass is 32.1. The summed E-state index contributed by atoms with van der Waals surface area (Å²) in [6, 6.07) is 0.391. The Kier molecular flexibility index (Phi) is 3.43. The zero-order chi connectivity index (χ0) is 12.7. The average molecular weight is 265 g/mol. The fourth-order valence-electron chi connectivity index (χ4n) is 2.95. The summed E-state index contributed by atoms with van der Waals surface area (Å²) in [5.74, 6) is 2.21. The van der Waals surface area contributed by atoms with Crippen LogP contribution in [0.15, 0.2) is 5.38 Å². The summed E-state index contributed by atoms with van der Waals surface area (Å²) in [6.07, 6.45) is 2.81. The Labute approximate surface area is 113 Å². The van der Waals surface area contributed by atoms with Gasteiger partial charge in [0.1, 0.15) is 5.01 Å². The molecule has 0 spiro atoms. The third kappa shape index (κ3) is 2.60. The maximum atomic E-state index is 6.26. The molecule has 18 heavy (non-hydrogen) atoms. The fourth-order valence-corrected chi connectivity index (χ4v) is 3.94. The van der Waals surface area contributed by atoms with Gasteiger partial charge in [-0.15, -0.1) is 11.3 Å². The van der Waals surface area contributed by atoms with Crippen molar-refractivity contribution in [3.05, 3.63) is 16.1 Å². The van der Waals surface area contributed by atoms with Gasteiger partial charge >= 0.3 is 0 Å². The van der Waals surface area contributed by atoms with Crippen molar-refractivity contribution in [2.24, 2.45) is 17.6 Å². The maximum Gasteiger partial charge on any atom is 0.107 e. The van der Waals surface area contributed by atoms with E-state index in [9.17, 15) is 0 Å². The lowest BCUT2D eigenvalue weighted by Crippen LogP contribution is -2.30. The van der Waals surface area contributed by atoms with Gasteiger partial charge in [-0.05, 0) is 30.6 Å². The molecule has 2 fully saturated rings. The average Bonchev–Trinajstić information content (AvgIpc) is 2.94. The Bertz CT molecular complexity index is 411. The molecule has 2 aliphatic rings. The van der Waals surface area contributed by atoms with Crippen LogP contribution >= 0.6 is 11.3 Å². The Morgan fingerprint density at radius 3 is 2.83 bits per heavy atom. The Balaban J connectivity index is 1.59. The van der Waals surface area contributed by atoms with Crippen LogP contribution in [0.25, 0.3) is 0 Å². The molecule has 0 unspecified atom stereocenters. The highest BCUT2D eigenvalue weighted by molar-refractivity contribution is 7.09. The van der Waals surface area contributed by atoms with Crippen molar-refractivity contribution in [1.82, 2.24) is 9.88 Å². The quantitative estimate of drug-likeness (QED) is 0.909. The number of hydrogen-bond donors (Lipinski definition) is 1. The largest absolute Gasteiger partial charge is 0.326 e. The lowest BCUT2D eigenvalue weighted by molar-refractivity contribution is 0.309. The van der Waals surface area contributed by atoms with E-state index in [2.05, 4.69) is 24.1 Å². The van der Waals surface area contributed by atoms with Gasteiger partial charge in [-0.3, -0.25) is 4.90 Å². The molecule has 2 N–H and O–H groups in total. The molecule has 2 heterocycles. The van der Waals surface area contributed by atoms with Crippen molar-refractivity contribution in [2.75, 3.05) is 13.1 Å². The summed E-state index contributed by atoms with van der Waals surface area (Å²) >= 11 is 1.80. The zero-order valence-corrected chi connectivity index (χ0v) is 12.1. The SMILES string of the molecule is CC(C)c1csc(CN2C[C@H](C3CC3)[C@@H](N)C2)n1. The highest BCUT2D eigenvalue weighted by Crippen LogP contribution is 2.41. The number of hydrogen-bond acceptors (Lipinski definition) is 4. The molecular formula is C14H23N3S. The lowest BCUT2D eigenvalue weighted by Gasteiger charge is -2.13. The van der Waals surface area contributed by atoms with E-state index < -0.39 is 0 Å². The minimum absolute atomic E-state index is 0.391. The molecule has 3 nitrogen and oxygen atoms in total. The van der Waals surface area contributed by atoms with Gasteiger partial charge in [0.15, 0.2) is 0 Å². The minimum Gasteiger partial charge on any atom is -0.326 e. The van der Waals surface area contributed by atoms with Crippen LogP contribution in [-0.4, -0.2) is 29.0 Å². The fraction of sp³-hybridized carbons (Fsp3) is 0.786. The predicted octanol–water partition coefficient (Wildman–Crippen LogP) is 2.44. The van der Waals surface area contributed by atoms with Crippen LogP contribution < -0.4 is 5.73 Å². The molecule has 1 aliphatic carbocycles. The van der Waals surface area contributed by atoms with Crippen LogP contribution in [-0.2, 0) is 6.54 Å². The zero-order valence-electron chi connectivity index (χ0n) is 11.3. The van der Waals surface area contributed by atoms with Gasteiger partial charge < -0.3 is 5.73 Å². The van der Waals surface area contributed by atoms with Gasteiger partial charge in [0.25, 0.3) is 0 Å². The number of rotatable bonds is 4. The second-order valence-corrected chi connectivity index (χ2v) is 7.12. The van der Waals surface area contributed by atoms with E-state index in [4.69, 9.17) is 10.7 Å². The molecule has 3 rings (SSSR count). The monoisotopic (exact) mass is 265 g/mol. The molecule has 1 aromatic rings. The van der Waals surface area contributed by atoms with E-state index >= 15 is 0 Å². The number of aromatic nitrogens is 1. The van der Waals surface area contributed by atoms with Gasteiger partial charge in [0.05, 0.1) is 12.2 Å². The standard InChI is InChI=1S/C14H23N3S/c1-9(2)13-8-18-14(16-13)7-17-5-11(10-3-4-10)12(15)6-17/h8-12H,3-7,15H2,1-2H3/t11-,12+/m1/s1. The first kappa shape index (κ1) is 12.6. The first-order valence-corrected chi connectivity index (χ1v) is 7.93. The van der Waals surface area contributed by atoms with Gasteiger partial charge in [-0.25, -0.2) is 4.98 Å². The summed E-state index contributed by atoms with van der Waals surface area (Å²) in [4.78, 5) is 7.22. The summed E-state index contributed by atoms with van der Waals surface area (Å²) in [5, 5.41) is 3.45. The molecule has 0 radical (unpaired) electrons. The van der Waals surface area contributed by atoms with Gasteiger partial charge in [-0.2, -0.15) is 0 Å². The number of likely N-dealkylation sites (tertiary alicyclic amines) is 1. The summed E-state index contributed by atoms with van der Waals surface area (Å²) in [7, 11) is 0. The molecule has 2 atom stereocenters. The molecular weight excluding hydrogens is 242 g/mol. The van der Waals surface area contributed by atoms with E-state index in [1.165, 1.54) is 30.1 Å². The maximum absolute atomic E-state index is 6.26. The van der Waals surface area contributed by atoms with Crippen molar-refractivity contribution in [2.45, 2.75) is 45.2 Å². The van der Waals surface area contributed by atoms with Crippen molar-refractivity contribution in [3.8, 4) is 0 Å². The van der Waals surface area contributed by atoms with Crippen LogP contribution in [0.4, 0.5) is 0 Å². The van der Waals surface area contributed by atoms with Crippen molar-refractivity contribution in [1.29, 1.82) is 0 Å². The number of thiazole rings is 1. The molecule has 4 heteroatoms. The van der Waals surface area contributed by atoms with Crippen LogP contribution in [0.1, 0.15) is 43.3 Å². The molecule has 0 amide bonds. The van der Waals surface area contributed by atoms with E-state index in [0.29, 0.717) is 12.0 Å². The first-order valence-electron chi connectivity index (χ1n) is 7.05. The highest BCUT2D eigenvalue weighted by Gasteiger charge is 2.40. The van der Waals surface area contributed by atoms with E-state index in [1.54, 1.807) is 11.3 Å². The van der Waals surface area contributed by atoms with Crippen molar-refractivity contribution >= 4 is 11.3 Å². The van der Waals surface area contributed by atoms with Crippen LogP contribution in [0, 0.1) is 11.8 Å². The third-order valence-corrected chi connectivity index (χ3v) is 5.09. The molecule has 0 bridgehead atoms. The Morgan fingerprint density at radius 1 is 1.44 bits per heavy atom. The van der Waals surface area contributed by atoms with Crippen molar-refractivity contribution in [3.63, 3.8) is 0 Å². The number of nitrogens with two attached hydrogens (primary N) is 1. The number of nitrogens with zero attached hydrogens (tertiary/aromatic N) is 2. The Hall–Kier alpha value is -0.450. The molecule has 1 aliphatic heterocycles. The van der Waals surface area contributed by atoms with Gasteiger partial charge in [-0.1, -0.05) is 13.8 Å². The summed E-state index contributed by atoms with van der Waals surface area (Å²) in [5.41, 5.74) is 7.49. The van der Waals surface area contributed by atoms with Crippen LogP contribution in [0.3, 0.4) is 0 Å².